The van der Waals surface area contributed by atoms with Crippen LogP contribution in [0.1, 0.15) is 132 Å². The quantitative estimate of drug-likeness (QED) is 0.0587. The molecule has 7 N–H and O–H groups in total. The van der Waals surface area contributed by atoms with Crippen LogP contribution in [-0.2, 0) is 60.7 Å². The van der Waals surface area contributed by atoms with E-state index in [0.29, 0.717) is 18.4 Å². The standard InChI is InChI=1S/C53H75N3O16/c1-6-8-12-23-52(24-13-9-7-2)70-43-37-27-53(50(65)54-28-32-16-14-19-34(26-32)47(63)55-36(30-57)21-22-39(59)69-51(3,4)5)45(48(64)67-37)56(72-46(53)44(43)71-52)29-35-18-11-10-17-33(35)20-15-25-66-49-42(62)41(61)40(60)38(31-58)68-49/h10-11,14-20,26,36-38,40-46,49,57-58,60-62H,6-9,12-13,21-25,27-31H2,1-5H3,(H,54,65)(H,55,63)/t36-,37?,38+,40-,41-,42+,43-,44-,45-,46+,49-,53?/m0/s1. The number of carbonyl (C=O) groups excluding carboxylic acids is 4. The number of carbonyl (C=O) groups is 4. The first-order valence-electron chi connectivity index (χ1n) is 25.6. The zero-order valence-corrected chi connectivity index (χ0v) is 42.1. The highest BCUT2D eigenvalue weighted by Gasteiger charge is 2.76. The fourth-order valence-electron chi connectivity index (χ4n) is 10.6. The number of esters is 2. The molecule has 0 spiro atoms. The molecule has 5 aliphatic rings. The average Bonchev–Trinajstić information content (AvgIpc) is 3.91. The maximum atomic E-state index is 15.2. The Morgan fingerprint density at radius 3 is 2.35 bits per heavy atom. The number of aliphatic hydroxyl groups excluding tert-OH is 5. The molecule has 4 heterocycles. The van der Waals surface area contributed by atoms with Gasteiger partial charge in [-0.05, 0) is 68.9 Å². The zero-order valence-electron chi connectivity index (χ0n) is 42.1. The molecule has 2 aromatic carbocycles. The average molecular weight is 1010 g/mol. The summed E-state index contributed by atoms with van der Waals surface area (Å²) < 4.78 is 36.8. The van der Waals surface area contributed by atoms with Crippen molar-refractivity contribution in [2.75, 3.05) is 19.8 Å². The third-order valence-electron chi connectivity index (χ3n) is 14.2. The van der Waals surface area contributed by atoms with E-state index in [1.54, 1.807) is 57.2 Å². The Hall–Kier alpha value is -4.38. The highest BCUT2D eigenvalue weighted by molar-refractivity contribution is 5.95. The second-order valence-electron chi connectivity index (χ2n) is 20.7. The lowest BCUT2D eigenvalue weighted by Crippen LogP contribution is -2.69. The van der Waals surface area contributed by atoms with E-state index < -0.39 is 121 Å². The van der Waals surface area contributed by atoms with Crippen molar-refractivity contribution in [3.05, 3.63) is 76.9 Å². The van der Waals surface area contributed by atoms with Crippen molar-refractivity contribution in [3.8, 4) is 0 Å². The van der Waals surface area contributed by atoms with Gasteiger partial charge in [0.05, 0.1) is 32.4 Å². The number of hydrogen-bond donors (Lipinski definition) is 7. The van der Waals surface area contributed by atoms with Gasteiger partial charge >= 0.3 is 11.9 Å². The van der Waals surface area contributed by atoms with E-state index in [1.165, 1.54) is 5.06 Å². The molecule has 398 valence electrons. The molecule has 4 saturated heterocycles. The van der Waals surface area contributed by atoms with Gasteiger partial charge in [0.1, 0.15) is 59.8 Å². The fraction of sp³-hybridized carbons (Fsp3) is 0.660. The van der Waals surface area contributed by atoms with E-state index in [2.05, 4.69) is 24.5 Å². The van der Waals surface area contributed by atoms with Crippen LogP contribution in [0.3, 0.4) is 0 Å². The Labute approximate surface area is 421 Å². The summed E-state index contributed by atoms with van der Waals surface area (Å²) in [5.74, 6) is -2.96. The second-order valence-corrected chi connectivity index (χ2v) is 20.7. The predicted molar refractivity (Wildman–Crippen MR) is 259 cm³/mol. The number of hydroxylamine groups is 2. The fourth-order valence-corrected chi connectivity index (χ4v) is 10.6. The summed E-state index contributed by atoms with van der Waals surface area (Å²) in [5.41, 5.74) is 0.157. The third kappa shape index (κ3) is 12.6. The molecule has 0 aromatic heterocycles. The van der Waals surface area contributed by atoms with Crippen LogP contribution in [0.2, 0.25) is 0 Å². The number of ether oxygens (including phenoxy) is 6. The minimum absolute atomic E-state index is 0.00172. The molecular formula is C53H75N3O16. The summed E-state index contributed by atoms with van der Waals surface area (Å²) in [5, 5.41) is 57.8. The van der Waals surface area contributed by atoms with E-state index in [0.717, 1.165) is 49.7 Å². The molecule has 7 rings (SSSR count). The van der Waals surface area contributed by atoms with Crippen LogP contribution < -0.4 is 10.6 Å². The molecule has 0 radical (unpaired) electrons. The van der Waals surface area contributed by atoms with Crippen LogP contribution in [0.4, 0.5) is 0 Å². The normalized spacial score (nSPS) is 30.2. The van der Waals surface area contributed by atoms with Gasteiger partial charge in [0, 0.05) is 37.8 Å². The number of hydrogen-bond acceptors (Lipinski definition) is 17. The van der Waals surface area contributed by atoms with Crippen molar-refractivity contribution < 1.29 is 78.0 Å². The number of nitrogens with zero attached hydrogens (tertiary/aromatic N) is 1. The summed E-state index contributed by atoms with van der Waals surface area (Å²) >= 11 is 0. The lowest BCUT2D eigenvalue weighted by atomic mass is 9.62. The number of unbranched alkanes of at least 4 members (excludes halogenated alkanes) is 4. The number of aliphatic hydroxyl groups is 5. The summed E-state index contributed by atoms with van der Waals surface area (Å²) in [6.45, 7) is 8.53. The summed E-state index contributed by atoms with van der Waals surface area (Å²) in [6, 6.07) is 12.2. The Balaban J connectivity index is 1.12. The minimum Gasteiger partial charge on any atom is -0.460 e. The maximum absolute atomic E-state index is 15.2. The van der Waals surface area contributed by atoms with Crippen molar-refractivity contribution in [2.24, 2.45) is 5.41 Å². The second kappa shape index (κ2) is 24.3. The lowest BCUT2D eigenvalue weighted by Gasteiger charge is -2.48. The summed E-state index contributed by atoms with van der Waals surface area (Å²) in [4.78, 5) is 62.4. The van der Waals surface area contributed by atoms with Gasteiger partial charge in [-0.1, -0.05) is 88.1 Å². The molecule has 4 aliphatic heterocycles. The van der Waals surface area contributed by atoms with Gasteiger partial charge < -0.3 is 64.6 Å². The smallest absolute Gasteiger partial charge is 0.327 e. The Kier molecular flexibility index (Phi) is 18.7. The summed E-state index contributed by atoms with van der Waals surface area (Å²) in [7, 11) is 0. The molecule has 19 heteroatoms. The Morgan fingerprint density at radius 2 is 1.65 bits per heavy atom. The van der Waals surface area contributed by atoms with Gasteiger partial charge in [0.25, 0.3) is 5.91 Å². The van der Waals surface area contributed by atoms with Crippen LogP contribution in [-0.4, -0.2) is 153 Å². The van der Waals surface area contributed by atoms with Crippen molar-refractivity contribution in [1.82, 2.24) is 15.7 Å². The van der Waals surface area contributed by atoms with Crippen molar-refractivity contribution in [2.45, 2.75) is 197 Å². The number of benzene rings is 2. The number of nitrogens with one attached hydrogen (secondary N) is 2. The highest BCUT2D eigenvalue weighted by Crippen LogP contribution is 2.58. The van der Waals surface area contributed by atoms with Crippen LogP contribution >= 0.6 is 0 Å². The van der Waals surface area contributed by atoms with Crippen molar-refractivity contribution in [1.29, 1.82) is 0 Å². The van der Waals surface area contributed by atoms with Crippen molar-refractivity contribution >= 4 is 29.8 Å². The first-order chi connectivity index (χ1) is 34.5. The molecule has 1 saturated carbocycles. The first kappa shape index (κ1) is 55.4. The van der Waals surface area contributed by atoms with E-state index >= 15 is 4.79 Å². The predicted octanol–water partition coefficient (Wildman–Crippen LogP) is 3.49. The molecular weight excluding hydrogens is 935 g/mol. The third-order valence-corrected chi connectivity index (χ3v) is 14.2. The van der Waals surface area contributed by atoms with E-state index in [4.69, 9.17) is 33.3 Å². The zero-order chi connectivity index (χ0) is 51.8. The molecule has 2 unspecified atom stereocenters. The van der Waals surface area contributed by atoms with E-state index in [9.17, 15) is 39.9 Å². The van der Waals surface area contributed by atoms with Gasteiger partial charge in [-0.2, -0.15) is 5.06 Å². The topological polar surface area (TPSA) is 261 Å². The van der Waals surface area contributed by atoms with Gasteiger partial charge in [-0.15, -0.1) is 0 Å². The van der Waals surface area contributed by atoms with Crippen LogP contribution in [0.15, 0.2) is 54.6 Å². The molecule has 19 nitrogen and oxygen atoms in total. The molecule has 5 fully saturated rings. The molecule has 2 amide bonds. The van der Waals surface area contributed by atoms with Crippen LogP contribution in [0.5, 0.6) is 0 Å². The largest absolute Gasteiger partial charge is 0.460 e. The summed E-state index contributed by atoms with van der Waals surface area (Å²) in [6.07, 6.45) is 0.325. The van der Waals surface area contributed by atoms with Gasteiger partial charge in [0.2, 0.25) is 5.91 Å². The molecule has 2 bridgehead atoms. The highest BCUT2D eigenvalue weighted by atomic mass is 16.8. The number of fused-ring (bicyclic) bond motifs is 4. The molecule has 72 heavy (non-hydrogen) atoms. The van der Waals surface area contributed by atoms with Crippen LogP contribution in [0, 0.1) is 5.41 Å². The molecule has 1 aliphatic carbocycles. The molecule has 12 atom stereocenters. The lowest BCUT2D eigenvalue weighted by molar-refractivity contribution is -0.298. The van der Waals surface area contributed by atoms with Gasteiger partial charge in [-0.25, -0.2) is 0 Å². The van der Waals surface area contributed by atoms with Crippen molar-refractivity contribution in [3.63, 3.8) is 0 Å². The Bertz CT molecular complexity index is 2190. The minimum atomic E-state index is -1.59. The van der Waals surface area contributed by atoms with Gasteiger partial charge in [0.15, 0.2) is 18.1 Å². The first-order valence-corrected chi connectivity index (χ1v) is 25.6. The maximum Gasteiger partial charge on any atom is 0.327 e. The van der Waals surface area contributed by atoms with E-state index in [-0.39, 0.29) is 44.5 Å². The van der Waals surface area contributed by atoms with Gasteiger partial charge in [-0.3, -0.25) is 24.0 Å². The van der Waals surface area contributed by atoms with Crippen LogP contribution in [0.25, 0.3) is 6.08 Å². The number of amides is 2. The monoisotopic (exact) mass is 1010 g/mol. The van der Waals surface area contributed by atoms with E-state index in [1.807, 2.05) is 24.3 Å². The SMILES string of the molecule is CCCCCC1(CCCCC)O[C@@H]2[C@H]3ON(Cc4ccccc4C=CCO[C@H]4O[C@H](CO)[C@H](O)[C@H](O)[C@H]4O)[C@H]4C(=O)OC(CC34C(=O)NCc3cccc(C(=O)N[C@H](CO)CCC(=O)OC(C)(C)C)c3)[C@@H]2O1. The number of rotatable bonds is 24. The molecule has 2 aromatic rings. The Morgan fingerprint density at radius 1 is 0.931 bits per heavy atom.